The molecule has 2 fully saturated rings. The van der Waals surface area contributed by atoms with Gasteiger partial charge in [0.1, 0.15) is 0 Å². The maximum absolute atomic E-state index is 12.5. The van der Waals surface area contributed by atoms with E-state index in [-0.39, 0.29) is 23.9 Å². The molecule has 2 saturated heterocycles. The van der Waals surface area contributed by atoms with Crippen LogP contribution in [-0.2, 0) is 9.59 Å². The summed E-state index contributed by atoms with van der Waals surface area (Å²) in [5, 5.41) is 3.40. The number of nitrogens with zero attached hydrogens (tertiary/aromatic N) is 2. The number of nitrogens with one attached hydrogen (secondary N) is 1. The molecule has 2 rings (SSSR count). The minimum atomic E-state index is -0.153. The molecule has 20 heavy (non-hydrogen) atoms. The number of amides is 2. The van der Waals surface area contributed by atoms with Gasteiger partial charge in [0, 0.05) is 39.1 Å². The number of likely N-dealkylation sites (N-methyl/N-ethyl adjacent to an activating group) is 1. The van der Waals surface area contributed by atoms with Gasteiger partial charge in [-0.1, -0.05) is 12.8 Å². The van der Waals surface area contributed by atoms with E-state index < -0.39 is 0 Å². The van der Waals surface area contributed by atoms with E-state index in [1.807, 2.05) is 18.9 Å². The summed E-state index contributed by atoms with van der Waals surface area (Å²) in [5.74, 6) is 0.418. The number of carbonyl (C=O) groups excluding carboxylic acids is 2. The first-order valence-corrected chi connectivity index (χ1v) is 7.86. The van der Waals surface area contributed by atoms with Crippen LogP contribution in [0.5, 0.6) is 0 Å². The number of rotatable bonds is 3. The van der Waals surface area contributed by atoms with E-state index in [4.69, 9.17) is 0 Å². The largest absolute Gasteiger partial charge is 0.344 e. The first kappa shape index (κ1) is 15.3. The fourth-order valence-corrected chi connectivity index (χ4v) is 3.14. The monoisotopic (exact) mass is 281 g/mol. The lowest BCUT2D eigenvalue weighted by atomic mass is 10.0. The highest BCUT2D eigenvalue weighted by molar-refractivity contribution is 5.81. The summed E-state index contributed by atoms with van der Waals surface area (Å²) in [5.41, 5.74) is 0. The van der Waals surface area contributed by atoms with Gasteiger partial charge in [0.15, 0.2) is 0 Å². The SMILES string of the molecule is CC(NC1CCC(=O)N(C)C1)C(=O)N1CCCCCC1. The summed E-state index contributed by atoms with van der Waals surface area (Å²) in [7, 11) is 1.83. The van der Waals surface area contributed by atoms with Crippen molar-refractivity contribution in [3.63, 3.8) is 0 Å². The lowest BCUT2D eigenvalue weighted by molar-refractivity contribution is -0.134. The summed E-state index contributed by atoms with van der Waals surface area (Å²) >= 11 is 0. The molecule has 0 aromatic heterocycles. The second-order valence-electron chi connectivity index (χ2n) is 6.14. The minimum absolute atomic E-state index is 0.153. The highest BCUT2D eigenvalue weighted by Gasteiger charge is 2.27. The summed E-state index contributed by atoms with van der Waals surface area (Å²) in [4.78, 5) is 27.7. The molecule has 0 aromatic carbocycles. The number of likely N-dealkylation sites (tertiary alicyclic amines) is 2. The Morgan fingerprint density at radius 3 is 2.50 bits per heavy atom. The summed E-state index contributed by atoms with van der Waals surface area (Å²) in [6.45, 7) is 4.45. The van der Waals surface area contributed by atoms with Crippen LogP contribution in [0.2, 0.25) is 0 Å². The van der Waals surface area contributed by atoms with Crippen LogP contribution >= 0.6 is 0 Å². The fraction of sp³-hybridized carbons (Fsp3) is 0.867. The van der Waals surface area contributed by atoms with Gasteiger partial charge in [0.2, 0.25) is 11.8 Å². The quantitative estimate of drug-likeness (QED) is 0.839. The molecule has 5 heteroatoms. The second-order valence-corrected chi connectivity index (χ2v) is 6.14. The Kier molecular flexibility index (Phi) is 5.40. The average Bonchev–Trinajstić information content (AvgIpc) is 2.71. The predicted molar refractivity (Wildman–Crippen MR) is 78.3 cm³/mol. The molecule has 2 unspecified atom stereocenters. The molecule has 0 spiro atoms. The van der Waals surface area contributed by atoms with Crippen molar-refractivity contribution in [3.8, 4) is 0 Å². The van der Waals surface area contributed by atoms with E-state index in [1.165, 1.54) is 12.8 Å². The lowest BCUT2D eigenvalue weighted by Gasteiger charge is -2.33. The van der Waals surface area contributed by atoms with E-state index in [9.17, 15) is 9.59 Å². The molecule has 2 atom stereocenters. The molecule has 0 radical (unpaired) electrons. The van der Waals surface area contributed by atoms with Crippen LogP contribution in [0.3, 0.4) is 0 Å². The van der Waals surface area contributed by atoms with Gasteiger partial charge in [0.25, 0.3) is 0 Å². The Balaban J connectivity index is 1.82. The van der Waals surface area contributed by atoms with Gasteiger partial charge in [-0.3, -0.25) is 9.59 Å². The molecule has 0 aliphatic carbocycles. The van der Waals surface area contributed by atoms with Gasteiger partial charge < -0.3 is 15.1 Å². The highest BCUT2D eigenvalue weighted by atomic mass is 16.2. The summed E-state index contributed by atoms with van der Waals surface area (Å²) < 4.78 is 0. The third-order valence-corrected chi connectivity index (χ3v) is 4.40. The summed E-state index contributed by atoms with van der Waals surface area (Å²) in [6, 6.07) is 0.0864. The number of piperidine rings is 1. The predicted octanol–water partition coefficient (Wildman–Crippen LogP) is 0.988. The van der Waals surface area contributed by atoms with Crippen LogP contribution in [-0.4, -0.2) is 60.4 Å². The maximum Gasteiger partial charge on any atom is 0.239 e. The zero-order chi connectivity index (χ0) is 14.5. The Labute approximate surface area is 121 Å². The zero-order valence-electron chi connectivity index (χ0n) is 12.7. The van der Waals surface area contributed by atoms with Gasteiger partial charge in [-0.25, -0.2) is 0 Å². The molecule has 114 valence electrons. The molecule has 2 heterocycles. The van der Waals surface area contributed by atoms with Gasteiger partial charge in [-0.2, -0.15) is 0 Å². The molecule has 0 aromatic rings. The smallest absolute Gasteiger partial charge is 0.239 e. The van der Waals surface area contributed by atoms with Crippen molar-refractivity contribution in [3.05, 3.63) is 0 Å². The normalized spacial score (nSPS) is 26.3. The topological polar surface area (TPSA) is 52.7 Å². The van der Waals surface area contributed by atoms with Gasteiger partial charge >= 0.3 is 0 Å². The number of hydrogen-bond donors (Lipinski definition) is 1. The molecule has 1 N–H and O–H groups in total. The third-order valence-electron chi connectivity index (χ3n) is 4.40. The van der Waals surface area contributed by atoms with Crippen molar-refractivity contribution in [1.29, 1.82) is 0 Å². The molecule has 2 aliphatic heterocycles. The van der Waals surface area contributed by atoms with Crippen LogP contribution in [0.25, 0.3) is 0 Å². The zero-order valence-corrected chi connectivity index (χ0v) is 12.7. The fourth-order valence-electron chi connectivity index (χ4n) is 3.14. The standard InChI is InChI=1S/C15H27N3O2/c1-12(15(20)18-9-5-3-4-6-10-18)16-13-7-8-14(19)17(2)11-13/h12-13,16H,3-11H2,1-2H3. The van der Waals surface area contributed by atoms with Crippen molar-refractivity contribution >= 4 is 11.8 Å². The van der Waals surface area contributed by atoms with Crippen molar-refractivity contribution in [1.82, 2.24) is 15.1 Å². The van der Waals surface area contributed by atoms with Gasteiger partial charge in [-0.15, -0.1) is 0 Å². The second kappa shape index (κ2) is 7.07. The Morgan fingerprint density at radius 2 is 1.90 bits per heavy atom. The van der Waals surface area contributed by atoms with E-state index in [1.54, 1.807) is 4.90 Å². The van der Waals surface area contributed by atoms with Crippen LogP contribution in [0.1, 0.15) is 45.4 Å². The summed E-state index contributed by atoms with van der Waals surface area (Å²) in [6.07, 6.45) is 6.14. The number of hydrogen-bond acceptors (Lipinski definition) is 3. The molecule has 0 saturated carbocycles. The van der Waals surface area contributed by atoms with E-state index in [0.29, 0.717) is 13.0 Å². The van der Waals surface area contributed by atoms with Crippen LogP contribution in [0.4, 0.5) is 0 Å². The van der Waals surface area contributed by atoms with Crippen LogP contribution in [0.15, 0.2) is 0 Å². The molecular weight excluding hydrogens is 254 g/mol. The first-order valence-electron chi connectivity index (χ1n) is 7.86. The van der Waals surface area contributed by atoms with Crippen LogP contribution < -0.4 is 5.32 Å². The Morgan fingerprint density at radius 1 is 1.25 bits per heavy atom. The molecule has 2 amide bonds. The third kappa shape index (κ3) is 3.95. The minimum Gasteiger partial charge on any atom is -0.344 e. The van der Waals surface area contributed by atoms with Crippen molar-refractivity contribution in [2.24, 2.45) is 0 Å². The van der Waals surface area contributed by atoms with Gasteiger partial charge in [0.05, 0.1) is 6.04 Å². The lowest BCUT2D eigenvalue weighted by Crippen LogP contribution is -2.53. The highest BCUT2D eigenvalue weighted by Crippen LogP contribution is 2.13. The average molecular weight is 281 g/mol. The van der Waals surface area contributed by atoms with E-state index in [0.717, 1.165) is 32.4 Å². The van der Waals surface area contributed by atoms with E-state index in [2.05, 4.69) is 5.32 Å². The number of carbonyl (C=O) groups is 2. The van der Waals surface area contributed by atoms with Crippen molar-refractivity contribution in [2.45, 2.75) is 57.5 Å². The van der Waals surface area contributed by atoms with Gasteiger partial charge in [-0.05, 0) is 26.2 Å². The Bertz CT molecular complexity index is 351. The van der Waals surface area contributed by atoms with E-state index >= 15 is 0 Å². The molecule has 2 aliphatic rings. The molecular formula is C15H27N3O2. The van der Waals surface area contributed by atoms with Crippen molar-refractivity contribution < 1.29 is 9.59 Å². The van der Waals surface area contributed by atoms with Crippen molar-refractivity contribution in [2.75, 3.05) is 26.7 Å². The first-order chi connectivity index (χ1) is 9.58. The van der Waals surface area contributed by atoms with Crippen LogP contribution in [0, 0.1) is 0 Å². The Hall–Kier alpha value is -1.10. The molecule has 5 nitrogen and oxygen atoms in total. The maximum atomic E-state index is 12.5. The molecule has 0 bridgehead atoms.